The molecule has 7 heteroatoms. The maximum Gasteiger partial charge on any atom is 0.291 e. The summed E-state index contributed by atoms with van der Waals surface area (Å²) in [5, 5.41) is 4.97. The normalized spacial score (nSPS) is 12.3. The van der Waals surface area contributed by atoms with Gasteiger partial charge in [0, 0.05) is 5.02 Å². The Morgan fingerprint density at radius 2 is 1.93 bits per heavy atom. The molecule has 5 nitrogen and oxygen atoms in total. The zero-order valence-corrected chi connectivity index (χ0v) is 15.9. The van der Waals surface area contributed by atoms with Crippen molar-refractivity contribution in [1.82, 2.24) is 14.6 Å². The molecule has 0 aliphatic carbocycles. The highest BCUT2D eigenvalue weighted by atomic mass is 35.5. The first-order chi connectivity index (χ1) is 13.1. The Hall–Kier alpha value is -2.96. The molecule has 4 rings (SSSR count). The third kappa shape index (κ3) is 3.77. The number of fused-ring (bicyclic) bond motifs is 1. The summed E-state index contributed by atoms with van der Waals surface area (Å²) < 4.78 is 7.12. The number of benzene rings is 2. The van der Waals surface area contributed by atoms with Gasteiger partial charge < -0.3 is 4.74 Å². The molecule has 0 saturated carbocycles. The maximum absolute atomic E-state index is 12.6. The van der Waals surface area contributed by atoms with Crippen molar-refractivity contribution < 1.29 is 4.74 Å². The second-order valence-corrected chi connectivity index (χ2v) is 7.19. The Morgan fingerprint density at radius 1 is 1.11 bits per heavy atom. The van der Waals surface area contributed by atoms with Crippen LogP contribution in [0.1, 0.15) is 17.0 Å². The minimum atomic E-state index is -0.184. The Kier molecular flexibility index (Phi) is 4.75. The molecule has 0 amide bonds. The van der Waals surface area contributed by atoms with Gasteiger partial charge in [0.05, 0.1) is 11.6 Å². The van der Waals surface area contributed by atoms with Gasteiger partial charge in [-0.3, -0.25) is 4.79 Å². The predicted molar refractivity (Wildman–Crippen MR) is 109 cm³/mol. The Labute approximate surface area is 163 Å². The monoisotopic (exact) mass is 395 g/mol. The van der Waals surface area contributed by atoms with E-state index in [0.29, 0.717) is 20.3 Å². The van der Waals surface area contributed by atoms with Crippen LogP contribution in [0.2, 0.25) is 5.02 Å². The van der Waals surface area contributed by atoms with Crippen LogP contribution in [0.5, 0.6) is 5.75 Å². The minimum Gasteiger partial charge on any atom is -0.497 e. The number of nitrogens with zero attached hydrogens (tertiary/aromatic N) is 3. The lowest BCUT2D eigenvalue weighted by atomic mass is 10.2. The fourth-order valence-corrected chi connectivity index (χ4v) is 3.59. The number of ether oxygens (including phenoxy) is 1. The highest BCUT2D eigenvalue weighted by Gasteiger charge is 2.09. The smallest absolute Gasteiger partial charge is 0.291 e. The van der Waals surface area contributed by atoms with Gasteiger partial charge in [0.15, 0.2) is 5.82 Å². The van der Waals surface area contributed by atoms with E-state index in [1.165, 1.54) is 15.9 Å². The average molecular weight is 396 g/mol. The van der Waals surface area contributed by atoms with Crippen LogP contribution in [0, 0.1) is 0 Å². The van der Waals surface area contributed by atoms with Crippen molar-refractivity contribution in [1.29, 1.82) is 0 Å². The van der Waals surface area contributed by atoms with E-state index in [-0.39, 0.29) is 5.56 Å². The SMILES string of the molecule is COc1cccc(C=c2sc3nc(C=Cc4ccc(Cl)cc4)nn3c2=O)c1. The van der Waals surface area contributed by atoms with Crippen molar-refractivity contribution in [2.24, 2.45) is 0 Å². The van der Waals surface area contributed by atoms with Gasteiger partial charge in [-0.1, -0.05) is 53.3 Å². The van der Waals surface area contributed by atoms with Crippen molar-refractivity contribution in [3.05, 3.63) is 85.4 Å². The Balaban J connectivity index is 1.66. The van der Waals surface area contributed by atoms with E-state index < -0.39 is 0 Å². The van der Waals surface area contributed by atoms with E-state index >= 15 is 0 Å². The highest BCUT2D eigenvalue weighted by Crippen LogP contribution is 2.14. The third-order valence-corrected chi connectivity index (χ3v) is 5.10. The molecule has 0 spiro atoms. The largest absolute Gasteiger partial charge is 0.497 e. The quantitative estimate of drug-likeness (QED) is 0.530. The molecule has 0 saturated heterocycles. The molecule has 0 aliphatic rings. The fraction of sp³-hybridized carbons (Fsp3) is 0.0500. The van der Waals surface area contributed by atoms with Crippen LogP contribution in [-0.2, 0) is 0 Å². The summed E-state index contributed by atoms with van der Waals surface area (Å²) in [6.45, 7) is 0. The molecule has 0 fully saturated rings. The zero-order chi connectivity index (χ0) is 18.8. The first kappa shape index (κ1) is 17.5. The lowest BCUT2D eigenvalue weighted by molar-refractivity contribution is 0.414. The molecule has 0 N–H and O–H groups in total. The number of rotatable bonds is 4. The second kappa shape index (κ2) is 7.34. The lowest BCUT2D eigenvalue weighted by Gasteiger charge is -1.99. The van der Waals surface area contributed by atoms with Crippen LogP contribution in [0.25, 0.3) is 23.2 Å². The molecule has 2 aromatic carbocycles. The minimum absolute atomic E-state index is 0.184. The van der Waals surface area contributed by atoms with Gasteiger partial charge in [-0.15, -0.1) is 5.10 Å². The van der Waals surface area contributed by atoms with Crippen LogP contribution in [-0.4, -0.2) is 21.7 Å². The van der Waals surface area contributed by atoms with Crippen molar-refractivity contribution in [2.45, 2.75) is 0 Å². The van der Waals surface area contributed by atoms with Crippen LogP contribution in [0.4, 0.5) is 0 Å². The molecule has 4 aromatic rings. The van der Waals surface area contributed by atoms with Crippen LogP contribution < -0.4 is 14.8 Å². The summed E-state index contributed by atoms with van der Waals surface area (Å²) in [4.78, 5) is 17.6. The van der Waals surface area contributed by atoms with Gasteiger partial charge in [0.1, 0.15) is 5.75 Å². The van der Waals surface area contributed by atoms with Gasteiger partial charge in [-0.2, -0.15) is 9.50 Å². The predicted octanol–water partition coefficient (Wildman–Crippen LogP) is 3.53. The molecule has 2 heterocycles. The van der Waals surface area contributed by atoms with Crippen molar-refractivity contribution in [3.8, 4) is 5.75 Å². The van der Waals surface area contributed by atoms with Gasteiger partial charge in [0.2, 0.25) is 4.96 Å². The summed E-state index contributed by atoms with van der Waals surface area (Å²) in [6, 6.07) is 15.0. The standard InChI is InChI=1S/C20H14ClN3O2S/c1-26-16-4-2-3-14(11-16)12-17-19(25)24-20(27-17)22-18(23-24)10-7-13-5-8-15(21)9-6-13/h2-12H,1H3. The number of hydrogen-bond donors (Lipinski definition) is 0. The highest BCUT2D eigenvalue weighted by molar-refractivity contribution is 7.15. The van der Waals surface area contributed by atoms with Crippen LogP contribution in [0.15, 0.2) is 53.3 Å². The first-order valence-corrected chi connectivity index (χ1v) is 9.31. The van der Waals surface area contributed by atoms with E-state index in [9.17, 15) is 4.79 Å². The Bertz CT molecular complexity index is 1240. The van der Waals surface area contributed by atoms with Gasteiger partial charge >= 0.3 is 0 Å². The van der Waals surface area contributed by atoms with Gasteiger partial charge in [-0.05, 0) is 47.5 Å². The van der Waals surface area contributed by atoms with Gasteiger partial charge in [-0.25, -0.2) is 0 Å². The van der Waals surface area contributed by atoms with E-state index in [0.717, 1.165) is 16.9 Å². The Morgan fingerprint density at radius 3 is 2.67 bits per heavy atom. The molecule has 27 heavy (non-hydrogen) atoms. The molecule has 0 bridgehead atoms. The molecule has 2 aromatic heterocycles. The van der Waals surface area contributed by atoms with Crippen molar-refractivity contribution in [2.75, 3.05) is 7.11 Å². The molecular formula is C20H14ClN3O2S. The number of halogens is 1. The number of methoxy groups -OCH3 is 1. The van der Waals surface area contributed by atoms with E-state index in [1.54, 1.807) is 13.2 Å². The maximum atomic E-state index is 12.6. The molecular weight excluding hydrogens is 382 g/mol. The summed E-state index contributed by atoms with van der Waals surface area (Å²) >= 11 is 7.19. The summed E-state index contributed by atoms with van der Waals surface area (Å²) in [6.07, 6.45) is 5.46. The summed E-state index contributed by atoms with van der Waals surface area (Å²) in [5.41, 5.74) is 1.68. The van der Waals surface area contributed by atoms with Crippen LogP contribution in [0.3, 0.4) is 0 Å². The van der Waals surface area contributed by atoms with Crippen LogP contribution >= 0.6 is 22.9 Å². The number of thiazole rings is 1. The number of aromatic nitrogens is 3. The van der Waals surface area contributed by atoms with E-state index in [2.05, 4.69) is 10.1 Å². The average Bonchev–Trinajstić information content (AvgIpc) is 3.21. The molecule has 0 radical (unpaired) electrons. The number of hydrogen-bond acceptors (Lipinski definition) is 5. The summed E-state index contributed by atoms with van der Waals surface area (Å²) in [5.74, 6) is 1.23. The van der Waals surface area contributed by atoms with Crippen molar-refractivity contribution in [3.63, 3.8) is 0 Å². The van der Waals surface area contributed by atoms with E-state index in [4.69, 9.17) is 16.3 Å². The lowest BCUT2D eigenvalue weighted by Crippen LogP contribution is -2.23. The van der Waals surface area contributed by atoms with Crippen molar-refractivity contribution >= 4 is 46.1 Å². The molecule has 0 unspecified atom stereocenters. The topological polar surface area (TPSA) is 56.5 Å². The zero-order valence-electron chi connectivity index (χ0n) is 14.3. The van der Waals surface area contributed by atoms with Gasteiger partial charge in [0.25, 0.3) is 5.56 Å². The second-order valence-electron chi connectivity index (χ2n) is 5.74. The van der Waals surface area contributed by atoms with E-state index in [1.807, 2.05) is 60.7 Å². The fourth-order valence-electron chi connectivity index (χ4n) is 2.55. The molecule has 0 atom stereocenters. The summed E-state index contributed by atoms with van der Waals surface area (Å²) in [7, 11) is 1.61. The first-order valence-electron chi connectivity index (χ1n) is 8.11. The molecule has 0 aliphatic heterocycles. The molecule has 134 valence electrons. The third-order valence-electron chi connectivity index (χ3n) is 3.88.